The summed E-state index contributed by atoms with van der Waals surface area (Å²) >= 11 is 0. The smallest absolute Gasteiger partial charge is 0.148 e. The molecule has 0 aromatic heterocycles. The highest BCUT2D eigenvalue weighted by atomic mass is 16.3. The van der Waals surface area contributed by atoms with Crippen LogP contribution >= 0.6 is 0 Å². The molecule has 84 valence electrons. The Kier molecular flexibility index (Phi) is 2.08. The Hall–Kier alpha value is -2.10. The summed E-state index contributed by atoms with van der Waals surface area (Å²) in [6, 6.07) is 3.79. The first-order valence-electron chi connectivity index (χ1n) is 4.99. The minimum atomic E-state index is 0.0131. The van der Waals surface area contributed by atoms with E-state index in [0.29, 0.717) is 22.4 Å². The largest absolute Gasteiger partial charge is 0.505 e. The maximum absolute atomic E-state index is 9.97. The molecule has 0 spiro atoms. The maximum Gasteiger partial charge on any atom is 0.148 e. The van der Waals surface area contributed by atoms with Crippen LogP contribution in [-0.2, 0) is 0 Å². The highest BCUT2D eigenvalue weighted by Crippen LogP contribution is 2.40. The first kappa shape index (κ1) is 10.4. The average Bonchev–Trinajstić information content (AvgIpc) is 2.23. The minimum Gasteiger partial charge on any atom is -0.505 e. The Labute approximate surface area is 93.7 Å². The van der Waals surface area contributed by atoms with Gasteiger partial charge in [-0.05, 0) is 42.5 Å². The number of phenols is 1. The molecule has 0 unspecified atom stereocenters. The second kappa shape index (κ2) is 3.20. The van der Waals surface area contributed by atoms with Crippen molar-refractivity contribution in [2.45, 2.75) is 13.8 Å². The predicted molar refractivity (Wildman–Crippen MR) is 68.3 cm³/mol. The molecule has 0 saturated heterocycles. The number of rotatable bonds is 0. The molecule has 16 heavy (non-hydrogen) atoms. The zero-order valence-corrected chi connectivity index (χ0v) is 9.33. The molecule has 0 atom stereocenters. The molecule has 0 amide bonds. The second-order valence-corrected chi connectivity index (χ2v) is 4.07. The summed E-state index contributed by atoms with van der Waals surface area (Å²) in [7, 11) is 0. The number of aromatic hydroxyl groups is 1. The molecule has 0 aliphatic carbocycles. The number of nitrogens with two attached hydrogens (primary N) is 3. The van der Waals surface area contributed by atoms with Gasteiger partial charge in [-0.15, -0.1) is 0 Å². The summed E-state index contributed by atoms with van der Waals surface area (Å²) in [5, 5.41) is 11.4. The Balaban J connectivity index is 3.03. The fourth-order valence-electron chi connectivity index (χ4n) is 1.90. The third-order valence-electron chi connectivity index (χ3n) is 2.93. The number of fused-ring (bicyclic) bond motifs is 1. The number of phenolic OH excluding ortho intramolecular Hbond substituents is 1. The lowest BCUT2D eigenvalue weighted by molar-refractivity contribution is 0.484. The molecule has 0 heterocycles. The van der Waals surface area contributed by atoms with Crippen molar-refractivity contribution in [3.05, 3.63) is 23.3 Å². The normalized spacial score (nSPS) is 10.9. The van der Waals surface area contributed by atoms with E-state index in [-0.39, 0.29) is 5.75 Å². The van der Waals surface area contributed by atoms with Gasteiger partial charge in [0.25, 0.3) is 0 Å². The van der Waals surface area contributed by atoms with Gasteiger partial charge in [-0.25, -0.2) is 0 Å². The number of benzene rings is 2. The lowest BCUT2D eigenvalue weighted by Gasteiger charge is -2.13. The summed E-state index contributed by atoms with van der Waals surface area (Å²) in [4.78, 5) is 0. The molecule has 0 aliphatic rings. The van der Waals surface area contributed by atoms with E-state index in [0.717, 1.165) is 16.5 Å². The van der Waals surface area contributed by atoms with Gasteiger partial charge in [-0.2, -0.15) is 0 Å². The van der Waals surface area contributed by atoms with Crippen molar-refractivity contribution < 1.29 is 5.11 Å². The number of aryl methyl sites for hydroxylation is 2. The third kappa shape index (κ3) is 1.23. The molecule has 0 fully saturated rings. The van der Waals surface area contributed by atoms with E-state index in [1.54, 1.807) is 0 Å². The highest BCUT2D eigenvalue weighted by Gasteiger charge is 2.13. The molecule has 2 aromatic carbocycles. The minimum absolute atomic E-state index is 0.0131. The fraction of sp³-hybridized carbons (Fsp3) is 0.167. The van der Waals surface area contributed by atoms with Gasteiger partial charge in [0, 0.05) is 0 Å². The van der Waals surface area contributed by atoms with Crippen molar-refractivity contribution in [2.24, 2.45) is 0 Å². The molecular weight excluding hydrogens is 202 g/mol. The summed E-state index contributed by atoms with van der Waals surface area (Å²) in [5.41, 5.74) is 20.4. The van der Waals surface area contributed by atoms with Crippen molar-refractivity contribution in [1.82, 2.24) is 0 Å². The molecule has 7 N–H and O–H groups in total. The topological polar surface area (TPSA) is 98.3 Å². The predicted octanol–water partition coefficient (Wildman–Crippen LogP) is 1.91. The van der Waals surface area contributed by atoms with Crippen molar-refractivity contribution >= 4 is 27.8 Å². The standard InChI is InChI=1S/C12H15N3O/c1-5-3-7-4-6(2)10(14)12(16)8(7)11(15)9(5)13/h3-4,16H,13-15H2,1-2H3. The van der Waals surface area contributed by atoms with Gasteiger partial charge in [-0.3, -0.25) is 0 Å². The van der Waals surface area contributed by atoms with E-state index in [9.17, 15) is 5.11 Å². The fourth-order valence-corrected chi connectivity index (χ4v) is 1.90. The van der Waals surface area contributed by atoms with Gasteiger partial charge in [0.2, 0.25) is 0 Å². The maximum atomic E-state index is 9.97. The highest BCUT2D eigenvalue weighted by molar-refractivity contribution is 6.06. The summed E-state index contributed by atoms with van der Waals surface area (Å²) in [6.45, 7) is 3.73. The van der Waals surface area contributed by atoms with E-state index in [1.165, 1.54) is 0 Å². The lowest BCUT2D eigenvalue weighted by Crippen LogP contribution is -2.00. The zero-order valence-electron chi connectivity index (χ0n) is 9.33. The Bertz CT molecular complexity index is 542. The van der Waals surface area contributed by atoms with E-state index in [2.05, 4.69) is 0 Å². The van der Waals surface area contributed by atoms with Crippen LogP contribution in [0.2, 0.25) is 0 Å². The van der Waals surface area contributed by atoms with Gasteiger partial charge < -0.3 is 22.3 Å². The lowest BCUT2D eigenvalue weighted by atomic mass is 9.99. The molecule has 0 radical (unpaired) electrons. The van der Waals surface area contributed by atoms with Gasteiger partial charge in [0.1, 0.15) is 5.75 Å². The molecule has 0 saturated carbocycles. The SMILES string of the molecule is Cc1cc2cc(C)c(N)c(O)c2c(N)c1N. The van der Waals surface area contributed by atoms with Crippen LogP contribution in [0.15, 0.2) is 12.1 Å². The molecule has 0 aliphatic heterocycles. The first-order chi connectivity index (χ1) is 7.43. The molecule has 0 bridgehead atoms. The number of hydrogen-bond acceptors (Lipinski definition) is 4. The van der Waals surface area contributed by atoms with Crippen LogP contribution in [-0.4, -0.2) is 5.11 Å². The van der Waals surface area contributed by atoms with Crippen molar-refractivity contribution in [1.29, 1.82) is 0 Å². The Morgan fingerprint density at radius 3 is 1.94 bits per heavy atom. The zero-order chi connectivity index (χ0) is 12.0. The number of nitrogen functional groups attached to an aromatic ring is 3. The van der Waals surface area contributed by atoms with E-state index < -0.39 is 0 Å². The van der Waals surface area contributed by atoms with Gasteiger partial charge in [0.05, 0.1) is 22.4 Å². The molecule has 4 heteroatoms. The van der Waals surface area contributed by atoms with Crippen LogP contribution in [0.5, 0.6) is 5.75 Å². The molecular formula is C12H15N3O. The quantitative estimate of drug-likeness (QED) is 0.400. The van der Waals surface area contributed by atoms with E-state index >= 15 is 0 Å². The van der Waals surface area contributed by atoms with Crippen LogP contribution in [0.1, 0.15) is 11.1 Å². The van der Waals surface area contributed by atoms with Crippen LogP contribution < -0.4 is 17.2 Å². The number of hydrogen-bond donors (Lipinski definition) is 4. The average molecular weight is 217 g/mol. The van der Waals surface area contributed by atoms with Crippen LogP contribution in [0, 0.1) is 13.8 Å². The Morgan fingerprint density at radius 2 is 1.38 bits per heavy atom. The van der Waals surface area contributed by atoms with Crippen LogP contribution in [0.25, 0.3) is 10.8 Å². The van der Waals surface area contributed by atoms with Gasteiger partial charge >= 0.3 is 0 Å². The van der Waals surface area contributed by atoms with Crippen molar-refractivity contribution in [3.63, 3.8) is 0 Å². The summed E-state index contributed by atoms with van der Waals surface area (Å²) < 4.78 is 0. The number of anilines is 3. The molecule has 4 nitrogen and oxygen atoms in total. The third-order valence-corrected chi connectivity index (χ3v) is 2.93. The van der Waals surface area contributed by atoms with Crippen LogP contribution in [0.3, 0.4) is 0 Å². The molecule has 2 aromatic rings. The van der Waals surface area contributed by atoms with Crippen molar-refractivity contribution in [3.8, 4) is 5.75 Å². The van der Waals surface area contributed by atoms with E-state index in [1.807, 2.05) is 26.0 Å². The van der Waals surface area contributed by atoms with Gasteiger partial charge in [0.15, 0.2) is 0 Å². The van der Waals surface area contributed by atoms with E-state index in [4.69, 9.17) is 17.2 Å². The second-order valence-electron chi connectivity index (χ2n) is 4.07. The summed E-state index contributed by atoms with van der Waals surface area (Å²) in [6.07, 6.45) is 0. The van der Waals surface area contributed by atoms with Crippen molar-refractivity contribution in [2.75, 3.05) is 17.2 Å². The van der Waals surface area contributed by atoms with Gasteiger partial charge in [-0.1, -0.05) is 0 Å². The summed E-state index contributed by atoms with van der Waals surface area (Å²) in [5.74, 6) is 0.0131. The monoisotopic (exact) mass is 217 g/mol. The first-order valence-corrected chi connectivity index (χ1v) is 4.99. The van der Waals surface area contributed by atoms with Crippen LogP contribution in [0.4, 0.5) is 17.1 Å². The molecule has 2 rings (SSSR count). The Morgan fingerprint density at radius 1 is 0.875 bits per heavy atom.